The first kappa shape index (κ1) is 25.0. The molecule has 8 nitrogen and oxygen atoms in total. The molecule has 2 N–H and O–H groups in total. The van der Waals surface area contributed by atoms with Gasteiger partial charge in [-0.05, 0) is 60.5 Å². The van der Waals surface area contributed by atoms with E-state index in [2.05, 4.69) is 10.3 Å². The average Bonchev–Trinajstić information content (AvgIpc) is 3.17. The number of thioether (sulfide) groups is 1. The van der Waals surface area contributed by atoms with Crippen molar-refractivity contribution < 1.29 is 24.2 Å². The Morgan fingerprint density at radius 1 is 1.03 bits per heavy atom. The molecule has 9 heteroatoms. The molecule has 1 saturated heterocycles. The van der Waals surface area contributed by atoms with Crippen LogP contribution in [0.2, 0.25) is 0 Å². The van der Waals surface area contributed by atoms with Gasteiger partial charge in [-0.2, -0.15) is 0 Å². The minimum absolute atomic E-state index is 0.0307. The van der Waals surface area contributed by atoms with Crippen molar-refractivity contribution in [1.29, 1.82) is 0 Å². The molecule has 1 aliphatic rings. The minimum Gasteiger partial charge on any atom is -0.497 e. The maximum absolute atomic E-state index is 13.3. The van der Waals surface area contributed by atoms with E-state index in [0.29, 0.717) is 23.8 Å². The second-order valence-corrected chi connectivity index (χ2v) is 9.23. The summed E-state index contributed by atoms with van der Waals surface area (Å²) in [4.78, 5) is 43.3. The van der Waals surface area contributed by atoms with Gasteiger partial charge in [-0.3, -0.25) is 14.5 Å². The molecule has 0 bridgehead atoms. The van der Waals surface area contributed by atoms with Crippen molar-refractivity contribution in [1.82, 2.24) is 4.90 Å². The number of aliphatic imine (C=N–C) groups is 1. The highest BCUT2D eigenvalue weighted by molar-refractivity contribution is 8.15. The Kier molecular flexibility index (Phi) is 8.02. The number of hydrogen-bond donors (Lipinski definition) is 2. The molecule has 1 aliphatic heterocycles. The number of rotatable bonds is 9. The zero-order valence-electron chi connectivity index (χ0n) is 19.6. The molecule has 4 rings (SSSR count). The fourth-order valence-electron chi connectivity index (χ4n) is 3.65. The highest BCUT2D eigenvalue weighted by atomic mass is 32.2. The van der Waals surface area contributed by atoms with Gasteiger partial charge in [0.15, 0.2) is 5.17 Å². The van der Waals surface area contributed by atoms with Crippen LogP contribution in [0.5, 0.6) is 5.75 Å². The van der Waals surface area contributed by atoms with E-state index in [1.54, 1.807) is 12.0 Å². The number of carbonyl (C=O) groups is 3. The summed E-state index contributed by atoms with van der Waals surface area (Å²) < 4.78 is 5.21. The summed E-state index contributed by atoms with van der Waals surface area (Å²) in [7, 11) is 1.61. The lowest BCUT2D eigenvalue weighted by atomic mass is 10.1. The summed E-state index contributed by atoms with van der Waals surface area (Å²) in [6, 6.07) is 22.9. The average molecular weight is 504 g/mol. The van der Waals surface area contributed by atoms with E-state index >= 15 is 0 Å². The van der Waals surface area contributed by atoms with E-state index in [0.717, 1.165) is 17.0 Å². The molecular weight excluding hydrogens is 478 g/mol. The molecule has 0 saturated carbocycles. The van der Waals surface area contributed by atoms with Gasteiger partial charge in [-0.15, -0.1) is 0 Å². The fourth-order valence-corrected chi connectivity index (χ4v) is 4.84. The number of carbonyl (C=O) groups excluding carboxylic acids is 2. The van der Waals surface area contributed by atoms with Gasteiger partial charge >= 0.3 is 5.97 Å². The molecule has 1 atom stereocenters. The molecule has 2 amide bonds. The molecule has 0 unspecified atom stereocenters. The number of ether oxygens (including phenoxy) is 1. The van der Waals surface area contributed by atoms with Crippen molar-refractivity contribution in [2.24, 2.45) is 4.99 Å². The highest BCUT2D eigenvalue weighted by Crippen LogP contribution is 2.32. The second kappa shape index (κ2) is 11.5. The Hall–Kier alpha value is -4.11. The van der Waals surface area contributed by atoms with Crippen molar-refractivity contribution in [2.75, 3.05) is 19.0 Å². The molecule has 184 valence electrons. The Bertz CT molecular complexity index is 1260. The van der Waals surface area contributed by atoms with Crippen LogP contribution in [0.15, 0.2) is 83.9 Å². The summed E-state index contributed by atoms with van der Waals surface area (Å²) in [5, 5.41) is 11.7. The van der Waals surface area contributed by atoms with Crippen LogP contribution in [0, 0.1) is 0 Å². The molecule has 36 heavy (non-hydrogen) atoms. The van der Waals surface area contributed by atoms with Crippen LogP contribution < -0.4 is 10.1 Å². The number of amides is 2. The topological polar surface area (TPSA) is 108 Å². The van der Waals surface area contributed by atoms with Gasteiger partial charge in [0, 0.05) is 18.7 Å². The number of benzene rings is 3. The lowest BCUT2D eigenvalue weighted by Crippen LogP contribution is -2.35. The summed E-state index contributed by atoms with van der Waals surface area (Å²) in [5.74, 6) is -0.776. The van der Waals surface area contributed by atoms with Crippen LogP contribution in [-0.2, 0) is 16.0 Å². The smallest absolute Gasteiger partial charge is 0.335 e. The molecule has 0 aromatic heterocycles. The second-order valence-electron chi connectivity index (χ2n) is 8.06. The van der Waals surface area contributed by atoms with E-state index in [1.165, 1.54) is 36.0 Å². The number of hydrogen-bond acceptors (Lipinski definition) is 6. The molecule has 0 aliphatic carbocycles. The molecule has 0 spiro atoms. The molecule has 1 heterocycles. The molecule has 3 aromatic rings. The Morgan fingerprint density at radius 3 is 2.36 bits per heavy atom. The Balaban J connectivity index is 1.46. The quantitative estimate of drug-likeness (QED) is 0.442. The van der Waals surface area contributed by atoms with E-state index < -0.39 is 11.2 Å². The van der Waals surface area contributed by atoms with Gasteiger partial charge in [-0.1, -0.05) is 42.1 Å². The monoisotopic (exact) mass is 503 g/mol. The summed E-state index contributed by atoms with van der Waals surface area (Å²) in [5.41, 5.74) is 2.38. The van der Waals surface area contributed by atoms with E-state index in [9.17, 15) is 14.4 Å². The minimum atomic E-state index is -1.04. The molecular formula is C27H25N3O5S. The number of methoxy groups -OCH3 is 1. The summed E-state index contributed by atoms with van der Waals surface area (Å²) in [6.45, 7) is 0.429. The van der Waals surface area contributed by atoms with Crippen LogP contribution in [0.4, 0.5) is 11.4 Å². The van der Waals surface area contributed by atoms with Crippen molar-refractivity contribution in [2.45, 2.75) is 18.1 Å². The molecule has 0 radical (unpaired) electrons. The van der Waals surface area contributed by atoms with E-state index in [-0.39, 0.29) is 23.8 Å². The zero-order chi connectivity index (χ0) is 25.5. The first-order valence-electron chi connectivity index (χ1n) is 11.3. The first-order chi connectivity index (χ1) is 17.4. The van der Waals surface area contributed by atoms with E-state index in [1.807, 2.05) is 54.6 Å². The predicted octanol–water partition coefficient (Wildman–Crippen LogP) is 4.60. The maximum Gasteiger partial charge on any atom is 0.335 e. The zero-order valence-corrected chi connectivity index (χ0v) is 20.4. The van der Waals surface area contributed by atoms with Crippen molar-refractivity contribution in [3.63, 3.8) is 0 Å². The summed E-state index contributed by atoms with van der Waals surface area (Å²) in [6.07, 6.45) is 0.593. The van der Waals surface area contributed by atoms with E-state index in [4.69, 9.17) is 9.84 Å². The number of carboxylic acids is 1. The summed E-state index contributed by atoms with van der Waals surface area (Å²) >= 11 is 1.28. The van der Waals surface area contributed by atoms with Gasteiger partial charge in [-0.25, -0.2) is 9.79 Å². The maximum atomic E-state index is 13.3. The molecule has 1 fully saturated rings. The Labute approximate surface area is 213 Å². The van der Waals surface area contributed by atoms with Crippen LogP contribution >= 0.6 is 11.8 Å². The fraction of sp³-hybridized carbons (Fsp3) is 0.185. The van der Waals surface area contributed by atoms with Gasteiger partial charge in [0.25, 0.3) is 0 Å². The first-order valence-corrected chi connectivity index (χ1v) is 12.2. The van der Waals surface area contributed by atoms with Crippen molar-refractivity contribution in [3.05, 3.63) is 90.0 Å². The van der Waals surface area contributed by atoms with Gasteiger partial charge in [0.1, 0.15) is 11.0 Å². The van der Waals surface area contributed by atoms with Gasteiger partial charge in [0.2, 0.25) is 11.8 Å². The Morgan fingerprint density at radius 2 is 1.72 bits per heavy atom. The van der Waals surface area contributed by atoms with Crippen LogP contribution in [0.3, 0.4) is 0 Å². The third kappa shape index (κ3) is 6.31. The molecule has 3 aromatic carbocycles. The van der Waals surface area contributed by atoms with Crippen molar-refractivity contribution in [3.8, 4) is 5.75 Å². The number of anilines is 1. The SMILES string of the molecule is COc1ccc(CCN2C(=O)[C@@H](CC(=O)Nc3ccc(C(=O)O)cc3)SC2=Nc2ccccc2)cc1. The van der Waals surface area contributed by atoms with Crippen molar-refractivity contribution >= 4 is 46.1 Å². The normalized spacial score (nSPS) is 16.2. The number of amidine groups is 1. The third-order valence-electron chi connectivity index (χ3n) is 5.57. The third-order valence-corrected chi connectivity index (χ3v) is 6.75. The lowest BCUT2D eigenvalue weighted by molar-refractivity contribution is -0.128. The van der Waals surface area contributed by atoms with Crippen LogP contribution in [0.1, 0.15) is 22.3 Å². The number of para-hydroxylation sites is 1. The van der Waals surface area contributed by atoms with Gasteiger partial charge < -0.3 is 15.2 Å². The lowest BCUT2D eigenvalue weighted by Gasteiger charge is -2.16. The number of carboxylic acid groups (broad SMARTS) is 1. The van der Waals surface area contributed by atoms with Gasteiger partial charge in [0.05, 0.1) is 18.4 Å². The largest absolute Gasteiger partial charge is 0.497 e. The highest BCUT2D eigenvalue weighted by Gasteiger charge is 2.39. The number of aromatic carboxylic acids is 1. The van der Waals surface area contributed by atoms with Crippen LogP contribution in [-0.4, -0.2) is 51.9 Å². The predicted molar refractivity (Wildman–Crippen MR) is 140 cm³/mol. The number of nitrogens with zero attached hydrogens (tertiary/aromatic N) is 2. The van der Waals surface area contributed by atoms with Crippen LogP contribution in [0.25, 0.3) is 0 Å². The standard InChI is InChI=1S/C27H25N3O5S/c1-35-22-13-7-18(8-14-22)15-16-30-25(32)23(36-27(30)29-20-5-3-2-4-6-20)17-24(31)28-21-11-9-19(10-12-21)26(33)34/h2-14,23H,15-17H2,1H3,(H,28,31)(H,33,34)/t23-/m1/s1. The number of nitrogens with one attached hydrogen (secondary N) is 1.